The van der Waals surface area contributed by atoms with Crippen LogP contribution in [0.4, 0.5) is 5.69 Å². The van der Waals surface area contributed by atoms with Crippen molar-refractivity contribution in [1.82, 2.24) is 10.2 Å². The van der Waals surface area contributed by atoms with Gasteiger partial charge in [0.05, 0.1) is 4.92 Å². The normalized spacial score (nSPS) is 20.9. The summed E-state index contributed by atoms with van der Waals surface area (Å²) in [7, 11) is 0. The molecule has 1 aliphatic heterocycles. The fraction of sp³-hybridized carbons (Fsp3) is 0.471. The van der Waals surface area contributed by atoms with E-state index in [-0.39, 0.29) is 17.2 Å². The number of piperidine rings is 1. The summed E-state index contributed by atoms with van der Waals surface area (Å²) in [6, 6.07) is 3.31. The fourth-order valence-corrected chi connectivity index (χ4v) is 2.99. The Hall–Kier alpha value is -2.97. The smallest absolute Gasteiger partial charge is 0.326 e. The molecule has 2 amide bonds. The predicted molar refractivity (Wildman–Crippen MR) is 91.6 cm³/mol. The molecule has 26 heavy (non-hydrogen) atoms. The Kier molecular flexibility index (Phi) is 5.91. The van der Waals surface area contributed by atoms with Crippen molar-refractivity contribution < 1.29 is 24.4 Å². The number of nitrogens with zero attached hydrogens (tertiary/aromatic N) is 2. The van der Waals surface area contributed by atoms with Crippen LogP contribution in [0.2, 0.25) is 0 Å². The highest BCUT2D eigenvalue weighted by atomic mass is 16.6. The van der Waals surface area contributed by atoms with E-state index in [1.165, 1.54) is 30.0 Å². The zero-order chi connectivity index (χ0) is 19.4. The van der Waals surface area contributed by atoms with Gasteiger partial charge in [-0.2, -0.15) is 0 Å². The zero-order valence-electron chi connectivity index (χ0n) is 14.5. The van der Waals surface area contributed by atoms with Crippen molar-refractivity contribution in [2.24, 2.45) is 5.92 Å². The number of likely N-dealkylation sites (tertiary alicyclic amines) is 1. The number of hydrogen-bond donors (Lipinski definition) is 2. The minimum atomic E-state index is -1.07. The van der Waals surface area contributed by atoms with E-state index in [9.17, 15) is 29.6 Å². The summed E-state index contributed by atoms with van der Waals surface area (Å²) in [4.78, 5) is 47.8. The fourth-order valence-electron chi connectivity index (χ4n) is 2.99. The molecule has 140 valence electrons. The van der Waals surface area contributed by atoms with Crippen molar-refractivity contribution in [3.8, 4) is 0 Å². The summed E-state index contributed by atoms with van der Waals surface area (Å²) >= 11 is 0. The molecule has 1 aliphatic rings. The minimum Gasteiger partial charge on any atom is -0.480 e. The van der Waals surface area contributed by atoms with Gasteiger partial charge in [-0.25, -0.2) is 4.79 Å². The number of hydrogen-bond acceptors (Lipinski definition) is 5. The van der Waals surface area contributed by atoms with E-state index in [0.29, 0.717) is 19.4 Å². The molecular formula is C17H21N3O6. The largest absolute Gasteiger partial charge is 0.480 e. The summed E-state index contributed by atoms with van der Waals surface area (Å²) in [5.41, 5.74) is -0.173. The maximum atomic E-state index is 12.6. The first kappa shape index (κ1) is 19.4. The number of carbonyl (C=O) groups is 3. The lowest BCUT2D eigenvalue weighted by Crippen LogP contribution is -2.55. The number of carboxylic acids is 1. The number of benzene rings is 1. The Labute approximate surface area is 150 Å². The quantitative estimate of drug-likeness (QED) is 0.601. The van der Waals surface area contributed by atoms with Crippen molar-refractivity contribution >= 4 is 23.5 Å². The van der Waals surface area contributed by atoms with Gasteiger partial charge in [-0.05, 0) is 31.7 Å². The second kappa shape index (κ2) is 7.94. The van der Waals surface area contributed by atoms with Crippen LogP contribution in [0, 0.1) is 16.0 Å². The highest BCUT2D eigenvalue weighted by Crippen LogP contribution is 2.23. The van der Waals surface area contributed by atoms with Crippen molar-refractivity contribution in [2.75, 3.05) is 6.54 Å². The Balaban J connectivity index is 2.08. The van der Waals surface area contributed by atoms with E-state index in [4.69, 9.17) is 0 Å². The van der Waals surface area contributed by atoms with E-state index >= 15 is 0 Å². The SMILES string of the molecule is CC1CCN(C(=O)C(C)NC(=O)c2cccc([N+](=O)[O-])c2)C(C(=O)O)C1. The Morgan fingerprint density at radius 3 is 2.69 bits per heavy atom. The zero-order valence-corrected chi connectivity index (χ0v) is 14.5. The third-order valence-electron chi connectivity index (χ3n) is 4.47. The summed E-state index contributed by atoms with van der Waals surface area (Å²) in [5.74, 6) is -1.98. The van der Waals surface area contributed by atoms with Gasteiger partial charge in [0.1, 0.15) is 12.1 Å². The van der Waals surface area contributed by atoms with E-state index in [0.717, 1.165) is 6.07 Å². The van der Waals surface area contributed by atoms with Gasteiger partial charge in [-0.15, -0.1) is 0 Å². The molecule has 1 fully saturated rings. The van der Waals surface area contributed by atoms with Crippen LogP contribution in [-0.4, -0.2) is 51.3 Å². The maximum absolute atomic E-state index is 12.6. The lowest BCUT2D eigenvalue weighted by Gasteiger charge is -2.37. The van der Waals surface area contributed by atoms with Crippen LogP contribution in [0.3, 0.4) is 0 Å². The van der Waals surface area contributed by atoms with Gasteiger partial charge < -0.3 is 15.3 Å². The van der Waals surface area contributed by atoms with Crippen LogP contribution in [0.1, 0.15) is 37.0 Å². The number of nitrogens with one attached hydrogen (secondary N) is 1. The van der Waals surface area contributed by atoms with Crippen LogP contribution in [0.25, 0.3) is 0 Å². The van der Waals surface area contributed by atoms with Gasteiger partial charge in [-0.3, -0.25) is 19.7 Å². The van der Waals surface area contributed by atoms with Crippen LogP contribution in [0.5, 0.6) is 0 Å². The Morgan fingerprint density at radius 2 is 2.08 bits per heavy atom. The standard InChI is InChI=1S/C17H21N3O6/c1-10-6-7-19(14(8-10)17(23)24)16(22)11(2)18-15(21)12-4-3-5-13(9-12)20(25)26/h3-5,9-11,14H,6-8H2,1-2H3,(H,18,21)(H,23,24). The molecule has 0 spiro atoms. The van der Waals surface area contributed by atoms with Gasteiger partial charge in [0.2, 0.25) is 5.91 Å². The third-order valence-corrected chi connectivity index (χ3v) is 4.47. The second-order valence-electron chi connectivity index (χ2n) is 6.52. The average molecular weight is 363 g/mol. The first-order chi connectivity index (χ1) is 12.2. The molecule has 0 aliphatic carbocycles. The summed E-state index contributed by atoms with van der Waals surface area (Å²) in [6.07, 6.45) is 1.06. The highest BCUT2D eigenvalue weighted by Gasteiger charge is 2.36. The van der Waals surface area contributed by atoms with Crippen LogP contribution in [-0.2, 0) is 9.59 Å². The average Bonchev–Trinajstić information content (AvgIpc) is 2.60. The highest BCUT2D eigenvalue weighted by molar-refractivity contribution is 5.98. The second-order valence-corrected chi connectivity index (χ2v) is 6.52. The molecule has 9 heteroatoms. The van der Waals surface area contributed by atoms with Gasteiger partial charge in [-0.1, -0.05) is 13.0 Å². The maximum Gasteiger partial charge on any atom is 0.326 e. The molecule has 0 aromatic heterocycles. The number of rotatable bonds is 5. The summed E-state index contributed by atoms with van der Waals surface area (Å²) < 4.78 is 0. The molecule has 0 bridgehead atoms. The molecule has 1 aromatic rings. The van der Waals surface area contributed by atoms with Crippen LogP contribution < -0.4 is 5.32 Å². The van der Waals surface area contributed by atoms with Crippen LogP contribution >= 0.6 is 0 Å². The Bertz CT molecular complexity index is 735. The molecule has 1 saturated heterocycles. The molecule has 0 saturated carbocycles. The van der Waals surface area contributed by atoms with Crippen molar-refractivity contribution in [3.63, 3.8) is 0 Å². The number of amides is 2. The third kappa shape index (κ3) is 4.35. The lowest BCUT2D eigenvalue weighted by atomic mass is 9.92. The van der Waals surface area contributed by atoms with Gasteiger partial charge >= 0.3 is 5.97 Å². The first-order valence-electron chi connectivity index (χ1n) is 8.29. The lowest BCUT2D eigenvalue weighted by molar-refractivity contribution is -0.384. The molecule has 1 aromatic carbocycles. The number of aliphatic carboxylic acids is 1. The van der Waals surface area contributed by atoms with Gasteiger partial charge in [0.25, 0.3) is 11.6 Å². The van der Waals surface area contributed by atoms with E-state index in [2.05, 4.69) is 5.32 Å². The summed E-state index contributed by atoms with van der Waals surface area (Å²) in [6.45, 7) is 3.72. The van der Waals surface area contributed by atoms with Gasteiger partial charge in [0, 0.05) is 24.2 Å². The monoisotopic (exact) mass is 363 g/mol. The molecule has 2 rings (SSSR count). The van der Waals surface area contributed by atoms with Crippen molar-refractivity contribution in [3.05, 3.63) is 39.9 Å². The van der Waals surface area contributed by atoms with E-state index in [1.807, 2.05) is 6.92 Å². The topological polar surface area (TPSA) is 130 Å². The predicted octanol–water partition coefficient (Wildman–Crippen LogP) is 1.42. The minimum absolute atomic E-state index is 0.0564. The molecule has 3 atom stereocenters. The Morgan fingerprint density at radius 1 is 1.38 bits per heavy atom. The van der Waals surface area contributed by atoms with E-state index in [1.54, 1.807) is 0 Å². The molecule has 3 unspecified atom stereocenters. The van der Waals surface area contributed by atoms with E-state index < -0.39 is 34.8 Å². The number of nitro groups is 1. The molecule has 1 heterocycles. The van der Waals surface area contributed by atoms with Crippen LogP contribution in [0.15, 0.2) is 24.3 Å². The summed E-state index contributed by atoms with van der Waals surface area (Å²) in [5, 5.41) is 22.6. The molecular weight excluding hydrogens is 342 g/mol. The number of non-ortho nitro benzene ring substituents is 1. The van der Waals surface area contributed by atoms with Crippen molar-refractivity contribution in [1.29, 1.82) is 0 Å². The molecule has 9 nitrogen and oxygen atoms in total. The first-order valence-corrected chi connectivity index (χ1v) is 8.29. The molecule has 2 N–H and O–H groups in total. The van der Waals surface area contributed by atoms with Crippen molar-refractivity contribution in [2.45, 2.75) is 38.8 Å². The number of carbonyl (C=O) groups excluding carboxylic acids is 2. The van der Waals surface area contributed by atoms with Gasteiger partial charge in [0.15, 0.2) is 0 Å². The molecule has 0 radical (unpaired) electrons. The number of nitro benzene ring substituents is 1. The number of carboxylic acid groups (broad SMARTS) is 1.